The molecule has 24 heteroatoms. The smallest absolute Gasteiger partial charge is 0.333 e. The van der Waals surface area contributed by atoms with E-state index in [-0.39, 0.29) is 81.5 Å². The number of amides is 5. The van der Waals surface area contributed by atoms with Crippen molar-refractivity contribution < 1.29 is 84.2 Å². The largest absolute Gasteiger partial charge is 0.748 e. The van der Waals surface area contributed by atoms with E-state index in [2.05, 4.69) is 42.7 Å². The Kier molecular flexibility index (Phi) is 22.4. The van der Waals surface area contributed by atoms with E-state index in [9.17, 15) is 59.3 Å². The van der Waals surface area contributed by atoms with Gasteiger partial charge in [0.05, 0.1) is 32.5 Å². The number of nitrogens with one attached hydrogen (secondary N) is 2. The number of benzene rings is 3. The summed E-state index contributed by atoms with van der Waals surface area (Å²) >= 11 is 0. The Bertz CT molecular complexity index is 3230. The fourth-order valence-corrected chi connectivity index (χ4v) is 8.01. The van der Waals surface area contributed by atoms with E-state index in [0.29, 0.717) is 58.6 Å². The molecule has 5 heterocycles. The Balaban J connectivity index is 0.000000302. The van der Waals surface area contributed by atoms with Gasteiger partial charge < -0.3 is 34.9 Å². The maximum Gasteiger partial charge on any atom is 0.333 e. The molecule has 18 nitrogen and oxygen atoms in total. The summed E-state index contributed by atoms with van der Waals surface area (Å²) in [6.45, 7) is -0.00343. The monoisotopic (exact) mass is 1260 g/mol. The Morgan fingerprint density at radius 2 is 1.31 bits per heavy atom. The van der Waals surface area contributed by atoms with E-state index in [1.54, 1.807) is 73.2 Å². The third-order valence-electron chi connectivity index (χ3n) is 11.2. The molecule has 0 saturated carbocycles. The molecule has 0 spiro atoms. The van der Waals surface area contributed by atoms with Crippen LogP contribution >= 0.6 is 0 Å². The summed E-state index contributed by atoms with van der Waals surface area (Å²) < 4.78 is 86.3. The van der Waals surface area contributed by atoms with E-state index in [4.69, 9.17) is 4.84 Å². The van der Waals surface area contributed by atoms with Gasteiger partial charge in [0.2, 0.25) is 11.8 Å². The number of unbranched alkanes of at least 4 members (excludes halogenated alkanes) is 3. The van der Waals surface area contributed by atoms with Crippen LogP contribution in [0.5, 0.6) is 0 Å². The summed E-state index contributed by atoms with van der Waals surface area (Å²) in [6.07, 6.45) is 8.55. The molecule has 3 aromatic carbocycles. The maximum absolute atomic E-state index is 13.2. The van der Waals surface area contributed by atoms with Crippen molar-refractivity contribution >= 4 is 67.4 Å². The van der Waals surface area contributed by atoms with Crippen LogP contribution in [-0.2, 0) is 59.0 Å². The van der Waals surface area contributed by atoms with Gasteiger partial charge in [0.15, 0.2) is 0 Å². The summed E-state index contributed by atoms with van der Waals surface area (Å²) in [5.74, 6) is -7.43. The molecule has 8 rings (SSSR count). The fourth-order valence-electron chi connectivity index (χ4n) is 7.37. The first kappa shape index (κ1) is 60.0. The molecule has 1 unspecified atom stereocenters. The van der Waals surface area contributed by atoms with Gasteiger partial charge in [0, 0.05) is 125 Å². The molecular weight excluding hydrogens is 1210 g/mol. The molecule has 0 bridgehead atoms. The topological polar surface area (TPSA) is 251 Å². The summed E-state index contributed by atoms with van der Waals surface area (Å²) in [4.78, 5) is 96.2. The van der Waals surface area contributed by atoms with Crippen LogP contribution in [0.1, 0.15) is 61.7 Å². The predicted molar refractivity (Wildman–Crippen MR) is 265 cm³/mol. The molecule has 1 aliphatic heterocycles. The number of aromatic nitrogens is 4. The van der Waals surface area contributed by atoms with Crippen molar-refractivity contribution in [1.29, 1.82) is 0 Å². The Hall–Kier alpha value is -7.92. The van der Waals surface area contributed by atoms with Crippen molar-refractivity contribution in [2.75, 3.05) is 25.9 Å². The van der Waals surface area contributed by atoms with Crippen molar-refractivity contribution in [1.82, 2.24) is 40.5 Å². The zero-order valence-electron chi connectivity index (χ0n) is 40.8. The molecule has 2 N–H and O–H groups in total. The second-order valence-electron chi connectivity index (χ2n) is 16.7. The summed E-state index contributed by atoms with van der Waals surface area (Å²) in [5, 5.41) is 6.53. The van der Waals surface area contributed by atoms with Crippen LogP contribution in [-0.4, -0.2) is 110 Å². The van der Waals surface area contributed by atoms with Gasteiger partial charge in [-0.15, -0.1) is 29.3 Å². The molecule has 0 aliphatic carbocycles. The molecule has 1 fully saturated rings. The predicted octanol–water partition coefficient (Wildman–Crippen LogP) is 6.60. The molecule has 1 aliphatic rings. The summed E-state index contributed by atoms with van der Waals surface area (Å²) in [5.41, 5.74) is 2.36. The number of rotatable bonds is 18. The number of hydroxylamine groups is 2. The van der Waals surface area contributed by atoms with Crippen LogP contribution in [0.3, 0.4) is 0 Å². The number of likely N-dealkylation sites (N-methyl/N-ethyl adjacent to an activating group) is 1. The van der Waals surface area contributed by atoms with Gasteiger partial charge in [-0.1, -0.05) is 78.6 Å². The van der Waals surface area contributed by atoms with Gasteiger partial charge in [-0.25, -0.2) is 13.2 Å². The first-order chi connectivity index (χ1) is 36.4. The van der Waals surface area contributed by atoms with Crippen LogP contribution in [0.25, 0.3) is 44.3 Å². The Morgan fingerprint density at radius 1 is 0.740 bits per heavy atom. The van der Waals surface area contributed by atoms with Crippen LogP contribution in [0, 0.1) is 35.4 Å². The number of hydrogen-bond acceptors (Lipinski definition) is 14. The molecule has 7 aromatic rings. The standard InChI is InChI=1S/C31H36N6O10S.2C11H6F2N.Ir/c1-36(24(38)8-4-2-3-5-9-27(41)47-37-25(39)12-13-26(37)40)18-17-34-31(43)23(19-48(44,45)46)35-30(42)22-14-16-33-29-21(22)11-10-20-7-6-15-32-28(20)29;2*12-8-4-5-9(10(13)7-8)11-3-1-2-6-14-11;/h6-7,10-11,14-16,23H,2-5,8-9,12-13,17-19H2,1H3,(H,34,43)(H,35,42)(H,44,45,46);2*1-4,6-7H;/q;2*-1;/p-1. The second kappa shape index (κ2) is 28.8. The average Bonchev–Trinajstić information content (AvgIpc) is 3.73. The SMILES string of the molecule is CN(CCNC(=O)C(CS(=O)(=O)[O-])NC(=O)c1ccnc2c1ccc1cccnc12)C(=O)CCCCCCC(=O)ON1C(=O)CCC1=O.Fc1c[c-]c(-c2ccccn2)c(F)c1.Fc1c[c-]c(-c2ccccn2)c(F)c1.[Ir]. The molecule has 1 radical (unpaired) electrons. The number of carbonyl (C=O) groups excluding carboxylic acids is 6. The molecule has 1 atom stereocenters. The molecule has 1 saturated heterocycles. The minimum absolute atomic E-state index is 0. The van der Waals surface area contributed by atoms with E-state index in [1.165, 1.54) is 24.2 Å². The Morgan fingerprint density at radius 3 is 1.87 bits per heavy atom. The van der Waals surface area contributed by atoms with Crippen LogP contribution in [0.2, 0.25) is 0 Å². The van der Waals surface area contributed by atoms with E-state index in [0.717, 1.165) is 29.7 Å². The third-order valence-corrected chi connectivity index (χ3v) is 11.9. The number of carbonyl (C=O) groups is 6. The number of hydrogen-bond donors (Lipinski definition) is 2. The van der Waals surface area contributed by atoms with E-state index in [1.807, 2.05) is 6.07 Å². The normalized spacial score (nSPS) is 12.3. The number of pyridine rings is 4. The quantitative estimate of drug-likeness (QED) is 0.0230. The number of fused-ring (bicyclic) bond motifs is 3. The van der Waals surface area contributed by atoms with E-state index >= 15 is 0 Å². The van der Waals surface area contributed by atoms with Crippen LogP contribution < -0.4 is 10.6 Å². The van der Waals surface area contributed by atoms with Gasteiger partial charge in [-0.3, -0.25) is 51.5 Å². The van der Waals surface area contributed by atoms with Crippen molar-refractivity contribution in [3.63, 3.8) is 0 Å². The zero-order valence-corrected chi connectivity index (χ0v) is 44.1. The van der Waals surface area contributed by atoms with Gasteiger partial charge in [0.1, 0.15) is 6.04 Å². The zero-order chi connectivity index (χ0) is 54.8. The third kappa shape index (κ3) is 17.8. The second-order valence-corrected chi connectivity index (χ2v) is 18.2. The van der Waals surface area contributed by atoms with Gasteiger partial charge >= 0.3 is 5.97 Å². The molecule has 5 amide bonds. The van der Waals surface area contributed by atoms with E-state index < -0.39 is 74.8 Å². The summed E-state index contributed by atoms with van der Waals surface area (Å²) in [7, 11) is -3.39. The Labute approximate surface area is 452 Å². The summed E-state index contributed by atoms with van der Waals surface area (Å²) in [6, 6.07) is 25.8. The minimum Gasteiger partial charge on any atom is -0.748 e. The fraction of sp³-hybridized carbons (Fsp3) is 0.245. The number of halogens is 4. The van der Waals surface area contributed by atoms with Crippen molar-refractivity contribution in [3.8, 4) is 22.5 Å². The maximum atomic E-state index is 13.2. The number of imide groups is 1. The van der Waals surface area contributed by atoms with Crippen molar-refractivity contribution in [2.45, 2.75) is 57.4 Å². The minimum atomic E-state index is -4.92. The first-order valence-electron chi connectivity index (χ1n) is 23.4. The van der Waals surface area contributed by atoms with Gasteiger partial charge in [0.25, 0.3) is 17.7 Å². The van der Waals surface area contributed by atoms with Gasteiger partial charge in [-0.2, -0.15) is 0 Å². The van der Waals surface area contributed by atoms with Crippen molar-refractivity contribution in [3.05, 3.63) is 157 Å². The molecular formula is C53H47F4IrN8O10S-3. The molecule has 4 aromatic heterocycles. The van der Waals surface area contributed by atoms with Gasteiger partial charge in [-0.05, 0) is 48.5 Å². The van der Waals surface area contributed by atoms with Crippen molar-refractivity contribution in [2.24, 2.45) is 0 Å². The first-order valence-corrected chi connectivity index (χ1v) is 25.0. The average molecular weight is 1260 g/mol. The molecule has 77 heavy (non-hydrogen) atoms. The van der Waals surface area contributed by atoms with Crippen LogP contribution in [0.15, 0.2) is 116 Å². The van der Waals surface area contributed by atoms with Crippen LogP contribution in [0.4, 0.5) is 17.6 Å². The number of nitrogens with zero attached hydrogens (tertiary/aromatic N) is 6. The molecule has 405 valence electrons.